The number of aryl methyl sites for hydroxylation is 1. The molecule has 1 aromatic carbocycles. The lowest BCUT2D eigenvalue weighted by molar-refractivity contribution is -0.0682. The quantitative estimate of drug-likeness (QED) is 0.846. The molecule has 24 heavy (non-hydrogen) atoms. The zero-order valence-electron chi connectivity index (χ0n) is 15.0. The van der Waals surface area contributed by atoms with E-state index in [2.05, 4.69) is 36.6 Å². The number of carbonyl (C=O) groups excluding carboxylic acids is 1. The standard InChI is InChI=1S/C21H30N2O/c1-14-5-3-4-6-19(14)13-22-20(24)23-15(2)21-10-16-7-17(11-21)9-18(8-16)12-21/h3-6,15-18H,7-13H2,1-2H3,(H2,22,23,24). The van der Waals surface area contributed by atoms with Crippen molar-refractivity contribution in [2.24, 2.45) is 23.2 Å². The first-order valence-electron chi connectivity index (χ1n) is 9.63. The number of rotatable bonds is 4. The highest BCUT2D eigenvalue weighted by Crippen LogP contribution is 2.61. The topological polar surface area (TPSA) is 41.1 Å². The molecule has 0 heterocycles. The molecule has 4 aliphatic rings. The van der Waals surface area contributed by atoms with Crippen molar-refractivity contribution in [3.8, 4) is 0 Å². The molecule has 4 saturated carbocycles. The number of benzene rings is 1. The number of hydrogen-bond acceptors (Lipinski definition) is 1. The number of carbonyl (C=O) groups is 1. The van der Waals surface area contributed by atoms with Crippen LogP contribution in [0.5, 0.6) is 0 Å². The van der Waals surface area contributed by atoms with Gasteiger partial charge in [-0.3, -0.25) is 0 Å². The zero-order chi connectivity index (χ0) is 16.7. The van der Waals surface area contributed by atoms with Crippen LogP contribution < -0.4 is 10.6 Å². The zero-order valence-corrected chi connectivity index (χ0v) is 15.0. The molecule has 5 rings (SSSR count). The van der Waals surface area contributed by atoms with Gasteiger partial charge in [-0.1, -0.05) is 24.3 Å². The summed E-state index contributed by atoms with van der Waals surface area (Å²) in [6.07, 6.45) is 8.34. The van der Waals surface area contributed by atoms with Gasteiger partial charge >= 0.3 is 6.03 Å². The van der Waals surface area contributed by atoms with Gasteiger partial charge < -0.3 is 10.6 Å². The Balaban J connectivity index is 1.35. The summed E-state index contributed by atoms with van der Waals surface area (Å²) in [5.74, 6) is 2.78. The fourth-order valence-electron chi connectivity index (χ4n) is 6.09. The van der Waals surface area contributed by atoms with Crippen LogP contribution in [-0.4, -0.2) is 12.1 Å². The van der Waals surface area contributed by atoms with Crippen molar-refractivity contribution in [3.05, 3.63) is 35.4 Å². The number of nitrogens with one attached hydrogen (secondary N) is 2. The van der Waals surface area contributed by atoms with Crippen LogP contribution in [0.3, 0.4) is 0 Å². The second-order valence-corrected chi connectivity index (χ2v) is 8.76. The minimum atomic E-state index is -0.0125. The van der Waals surface area contributed by atoms with E-state index in [1.54, 1.807) is 0 Å². The average molecular weight is 326 g/mol. The van der Waals surface area contributed by atoms with Gasteiger partial charge in [0, 0.05) is 12.6 Å². The number of urea groups is 1. The molecular formula is C21H30N2O. The van der Waals surface area contributed by atoms with Crippen LogP contribution in [0.1, 0.15) is 56.6 Å². The van der Waals surface area contributed by atoms with Crippen molar-refractivity contribution in [1.29, 1.82) is 0 Å². The summed E-state index contributed by atoms with van der Waals surface area (Å²) in [6.45, 7) is 4.93. The fraction of sp³-hybridized carbons (Fsp3) is 0.667. The first-order valence-corrected chi connectivity index (χ1v) is 9.63. The van der Waals surface area contributed by atoms with Crippen molar-refractivity contribution < 1.29 is 4.79 Å². The molecule has 4 fully saturated rings. The molecule has 2 N–H and O–H groups in total. The lowest BCUT2D eigenvalue weighted by Gasteiger charge is -2.59. The van der Waals surface area contributed by atoms with E-state index in [0.29, 0.717) is 12.0 Å². The molecule has 0 saturated heterocycles. The summed E-state index contributed by atoms with van der Waals surface area (Å²) in [5.41, 5.74) is 2.79. The largest absolute Gasteiger partial charge is 0.335 e. The molecule has 0 spiro atoms. The molecule has 2 amide bonds. The Hall–Kier alpha value is -1.51. The van der Waals surface area contributed by atoms with Gasteiger partial charge in [0.15, 0.2) is 0 Å². The van der Waals surface area contributed by atoms with Gasteiger partial charge in [-0.05, 0) is 86.7 Å². The third kappa shape index (κ3) is 2.94. The smallest absolute Gasteiger partial charge is 0.315 e. The average Bonchev–Trinajstić information content (AvgIpc) is 2.53. The van der Waals surface area contributed by atoms with E-state index in [1.165, 1.54) is 49.7 Å². The van der Waals surface area contributed by atoms with Crippen LogP contribution in [-0.2, 0) is 6.54 Å². The minimum Gasteiger partial charge on any atom is -0.335 e. The van der Waals surface area contributed by atoms with Gasteiger partial charge in [0.05, 0.1) is 0 Å². The molecule has 0 radical (unpaired) electrons. The van der Waals surface area contributed by atoms with E-state index in [1.807, 2.05) is 12.1 Å². The molecule has 3 nitrogen and oxygen atoms in total. The Kier molecular flexibility index (Phi) is 4.06. The molecule has 130 valence electrons. The second kappa shape index (κ2) is 6.09. The molecule has 0 aliphatic heterocycles. The summed E-state index contributed by atoms with van der Waals surface area (Å²) in [6, 6.07) is 8.50. The maximum Gasteiger partial charge on any atom is 0.315 e. The minimum absolute atomic E-state index is 0.0125. The van der Waals surface area contributed by atoms with Gasteiger partial charge in [-0.2, -0.15) is 0 Å². The Bertz CT molecular complexity index is 589. The predicted octanol–water partition coefficient (Wildman–Crippen LogP) is 4.40. The highest BCUT2D eigenvalue weighted by atomic mass is 16.2. The van der Waals surface area contributed by atoms with Crippen LogP contribution in [0.25, 0.3) is 0 Å². The normalized spacial score (nSPS) is 34.8. The van der Waals surface area contributed by atoms with E-state index in [4.69, 9.17) is 0 Å². The van der Waals surface area contributed by atoms with Gasteiger partial charge in [-0.15, -0.1) is 0 Å². The summed E-state index contributed by atoms with van der Waals surface area (Å²) in [7, 11) is 0. The van der Waals surface area contributed by atoms with Crippen LogP contribution in [0, 0.1) is 30.1 Å². The third-order valence-corrected chi connectivity index (χ3v) is 7.05. The molecule has 1 aromatic rings. The molecular weight excluding hydrogens is 296 g/mol. The van der Waals surface area contributed by atoms with Crippen LogP contribution >= 0.6 is 0 Å². The van der Waals surface area contributed by atoms with Crippen LogP contribution in [0.4, 0.5) is 4.79 Å². The monoisotopic (exact) mass is 326 g/mol. The lowest BCUT2D eigenvalue weighted by Crippen LogP contribution is -2.57. The van der Waals surface area contributed by atoms with E-state index in [9.17, 15) is 4.79 Å². The van der Waals surface area contributed by atoms with E-state index in [-0.39, 0.29) is 12.1 Å². The molecule has 1 unspecified atom stereocenters. The van der Waals surface area contributed by atoms with Crippen LogP contribution in [0.2, 0.25) is 0 Å². The lowest BCUT2D eigenvalue weighted by atomic mass is 9.48. The van der Waals surface area contributed by atoms with Crippen molar-refractivity contribution in [2.75, 3.05) is 0 Å². The first-order chi connectivity index (χ1) is 11.5. The Labute approximate surface area is 145 Å². The van der Waals surface area contributed by atoms with Gasteiger partial charge in [0.25, 0.3) is 0 Å². The highest BCUT2D eigenvalue weighted by Gasteiger charge is 2.53. The van der Waals surface area contributed by atoms with Gasteiger partial charge in [0.2, 0.25) is 0 Å². The van der Waals surface area contributed by atoms with Crippen molar-refractivity contribution in [1.82, 2.24) is 10.6 Å². The SMILES string of the molecule is Cc1ccccc1CNC(=O)NC(C)C12CC3CC(CC(C3)C1)C2. The maximum atomic E-state index is 12.4. The number of hydrogen-bond donors (Lipinski definition) is 2. The Morgan fingerprint density at radius 3 is 2.29 bits per heavy atom. The fourth-order valence-corrected chi connectivity index (χ4v) is 6.09. The van der Waals surface area contributed by atoms with Crippen LogP contribution in [0.15, 0.2) is 24.3 Å². The van der Waals surface area contributed by atoms with E-state index in [0.717, 1.165) is 17.8 Å². The highest BCUT2D eigenvalue weighted by molar-refractivity contribution is 5.74. The summed E-state index contributed by atoms with van der Waals surface area (Å²) in [4.78, 5) is 12.4. The Morgan fingerprint density at radius 1 is 1.12 bits per heavy atom. The second-order valence-electron chi connectivity index (χ2n) is 8.76. The third-order valence-electron chi connectivity index (χ3n) is 7.05. The molecule has 0 aromatic heterocycles. The van der Waals surface area contributed by atoms with E-state index < -0.39 is 0 Å². The number of amides is 2. The predicted molar refractivity (Wildman–Crippen MR) is 96.6 cm³/mol. The summed E-state index contributed by atoms with van der Waals surface area (Å²) in [5, 5.41) is 6.33. The molecule has 1 atom stereocenters. The Morgan fingerprint density at radius 2 is 1.71 bits per heavy atom. The van der Waals surface area contributed by atoms with Gasteiger partial charge in [0.1, 0.15) is 0 Å². The van der Waals surface area contributed by atoms with E-state index >= 15 is 0 Å². The molecule has 4 aliphatic carbocycles. The van der Waals surface area contributed by atoms with Crippen molar-refractivity contribution in [2.45, 2.75) is 65.0 Å². The summed E-state index contributed by atoms with van der Waals surface area (Å²) < 4.78 is 0. The molecule has 3 heteroatoms. The maximum absolute atomic E-state index is 12.4. The summed E-state index contributed by atoms with van der Waals surface area (Å²) >= 11 is 0. The van der Waals surface area contributed by atoms with Crippen molar-refractivity contribution >= 4 is 6.03 Å². The van der Waals surface area contributed by atoms with Crippen molar-refractivity contribution in [3.63, 3.8) is 0 Å². The van der Waals surface area contributed by atoms with Gasteiger partial charge in [-0.25, -0.2) is 4.79 Å². The molecule has 4 bridgehead atoms. The first kappa shape index (κ1) is 16.0.